The molecule has 0 unspecified atom stereocenters. The summed E-state index contributed by atoms with van der Waals surface area (Å²) in [5.41, 5.74) is 3.59. The molecule has 0 aliphatic carbocycles. The van der Waals surface area contributed by atoms with E-state index in [1.165, 1.54) is 0 Å². The lowest BCUT2D eigenvalue weighted by Gasteiger charge is -2.43. The number of hydrogen-bond donors (Lipinski definition) is 1. The van der Waals surface area contributed by atoms with Crippen LogP contribution in [-0.4, -0.2) is 71.1 Å². The number of aromatic carboxylic acids is 1. The molecule has 2 saturated heterocycles. The Bertz CT molecular complexity index is 1420. The van der Waals surface area contributed by atoms with Crippen LogP contribution in [0.15, 0.2) is 78.9 Å². The maximum absolute atomic E-state index is 14.0. The van der Waals surface area contributed by atoms with Gasteiger partial charge in [-0.15, -0.1) is 12.4 Å². The Morgan fingerprint density at radius 1 is 0.878 bits per heavy atom. The number of likely N-dealkylation sites (tertiary alicyclic amines) is 1. The molecule has 6 rings (SSSR count). The fraction of sp³-hybridized carbons (Fsp3) is 0.344. The van der Waals surface area contributed by atoms with Crippen LogP contribution >= 0.6 is 12.4 Å². The number of fused-ring (bicyclic) bond motifs is 1. The van der Waals surface area contributed by atoms with Crippen molar-refractivity contribution in [2.24, 2.45) is 0 Å². The van der Waals surface area contributed by atoms with Gasteiger partial charge in [-0.05, 0) is 67.3 Å². The number of piperidine rings is 1. The number of amides is 2. The Morgan fingerprint density at radius 3 is 2.37 bits per heavy atom. The van der Waals surface area contributed by atoms with Gasteiger partial charge in [0.25, 0.3) is 0 Å². The van der Waals surface area contributed by atoms with Gasteiger partial charge >= 0.3 is 5.97 Å². The van der Waals surface area contributed by atoms with Crippen LogP contribution in [0.25, 0.3) is 0 Å². The Morgan fingerprint density at radius 2 is 1.61 bits per heavy atom. The van der Waals surface area contributed by atoms with Crippen molar-refractivity contribution in [2.45, 2.75) is 37.8 Å². The molecular weight excluding hydrogens is 540 g/mol. The van der Waals surface area contributed by atoms with Crippen molar-refractivity contribution in [3.05, 3.63) is 95.6 Å². The van der Waals surface area contributed by atoms with E-state index in [1.807, 2.05) is 58.3 Å². The fourth-order valence-corrected chi connectivity index (χ4v) is 6.51. The SMILES string of the molecule is Cl.O=C(O)c1cccc(CN2CN(c3ccccc3)C3(CCN(CCCN4C(=O)Cc5ccccc54)CC3)C2=O)c1. The van der Waals surface area contributed by atoms with Crippen LogP contribution < -0.4 is 9.80 Å². The number of rotatable bonds is 8. The van der Waals surface area contributed by atoms with E-state index in [0.29, 0.717) is 26.2 Å². The molecule has 0 atom stereocenters. The summed E-state index contributed by atoms with van der Waals surface area (Å²) in [5, 5.41) is 9.40. The molecule has 0 aromatic heterocycles. The number of nitrogens with zero attached hydrogens (tertiary/aromatic N) is 4. The minimum absolute atomic E-state index is 0. The van der Waals surface area contributed by atoms with E-state index in [2.05, 4.69) is 21.9 Å². The van der Waals surface area contributed by atoms with Gasteiger partial charge in [-0.3, -0.25) is 9.59 Å². The molecule has 41 heavy (non-hydrogen) atoms. The van der Waals surface area contributed by atoms with Gasteiger partial charge in [-0.1, -0.05) is 48.5 Å². The van der Waals surface area contributed by atoms with E-state index in [4.69, 9.17) is 0 Å². The average Bonchev–Trinajstić information content (AvgIpc) is 3.43. The van der Waals surface area contributed by atoms with Crippen molar-refractivity contribution >= 4 is 41.6 Å². The monoisotopic (exact) mass is 574 g/mol. The summed E-state index contributed by atoms with van der Waals surface area (Å²) in [7, 11) is 0. The van der Waals surface area contributed by atoms with E-state index < -0.39 is 11.5 Å². The fourth-order valence-electron chi connectivity index (χ4n) is 6.51. The van der Waals surface area contributed by atoms with Crippen molar-refractivity contribution in [3.8, 4) is 0 Å². The topological polar surface area (TPSA) is 84.4 Å². The van der Waals surface area contributed by atoms with Crippen molar-refractivity contribution in [2.75, 3.05) is 42.6 Å². The molecule has 3 heterocycles. The predicted octanol–water partition coefficient (Wildman–Crippen LogP) is 4.43. The van der Waals surface area contributed by atoms with Crippen molar-refractivity contribution in [1.82, 2.24) is 9.80 Å². The van der Waals surface area contributed by atoms with Gasteiger partial charge in [0, 0.05) is 37.6 Å². The van der Waals surface area contributed by atoms with Gasteiger partial charge in [0.05, 0.1) is 18.7 Å². The summed E-state index contributed by atoms with van der Waals surface area (Å²) in [6.45, 7) is 4.05. The van der Waals surface area contributed by atoms with Gasteiger partial charge in [0.15, 0.2) is 0 Å². The Kier molecular flexibility index (Phi) is 8.33. The number of carboxylic acids is 1. The van der Waals surface area contributed by atoms with Crippen LogP contribution in [0.3, 0.4) is 0 Å². The standard InChI is InChI=1S/C32H34N4O4.ClH/c37-29-21-25-9-4-5-13-28(25)35(29)17-7-16-33-18-14-32(15-19-33)31(40)34(23-36(32)27-11-2-1-3-12-27)22-24-8-6-10-26(20-24)30(38)39;/h1-6,8-13,20H,7,14-19,21-23H2,(H,38,39);1H. The number of carbonyl (C=O) groups excluding carboxylic acids is 2. The number of anilines is 2. The zero-order valence-corrected chi connectivity index (χ0v) is 23.8. The molecule has 1 N–H and O–H groups in total. The smallest absolute Gasteiger partial charge is 0.335 e. The van der Waals surface area contributed by atoms with Crippen molar-refractivity contribution in [3.63, 3.8) is 0 Å². The first-order valence-electron chi connectivity index (χ1n) is 14.0. The van der Waals surface area contributed by atoms with Gasteiger partial charge in [-0.2, -0.15) is 0 Å². The van der Waals surface area contributed by atoms with Crippen LogP contribution in [0.1, 0.15) is 40.7 Å². The first-order valence-corrected chi connectivity index (χ1v) is 14.0. The molecule has 2 amide bonds. The molecule has 9 heteroatoms. The first-order chi connectivity index (χ1) is 19.4. The predicted molar refractivity (Wildman–Crippen MR) is 161 cm³/mol. The zero-order chi connectivity index (χ0) is 27.7. The second kappa shape index (κ2) is 11.9. The van der Waals surface area contributed by atoms with Crippen LogP contribution in [0, 0.1) is 0 Å². The maximum Gasteiger partial charge on any atom is 0.335 e. The summed E-state index contributed by atoms with van der Waals surface area (Å²) in [4.78, 5) is 46.5. The van der Waals surface area contributed by atoms with Crippen LogP contribution in [0.2, 0.25) is 0 Å². The molecule has 3 aliphatic heterocycles. The summed E-state index contributed by atoms with van der Waals surface area (Å²) in [6.07, 6.45) is 2.81. The highest BCUT2D eigenvalue weighted by Crippen LogP contribution is 2.40. The molecular formula is C32H35ClN4O4. The number of halogens is 1. The summed E-state index contributed by atoms with van der Waals surface area (Å²) < 4.78 is 0. The van der Waals surface area contributed by atoms with E-state index in [9.17, 15) is 19.5 Å². The summed E-state index contributed by atoms with van der Waals surface area (Å²) in [6, 6.07) is 25.0. The van der Waals surface area contributed by atoms with Crippen LogP contribution in [0.5, 0.6) is 0 Å². The second-order valence-electron chi connectivity index (χ2n) is 11.0. The summed E-state index contributed by atoms with van der Waals surface area (Å²) in [5.74, 6) is -0.693. The Hall–Kier alpha value is -3.88. The number of para-hydroxylation sites is 2. The molecule has 214 valence electrons. The maximum atomic E-state index is 14.0. The highest BCUT2D eigenvalue weighted by Gasteiger charge is 2.53. The van der Waals surface area contributed by atoms with Crippen LogP contribution in [0.4, 0.5) is 11.4 Å². The number of carboxylic acid groups (broad SMARTS) is 1. The largest absolute Gasteiger partial charge is 0.478 e. The minimum Gasteiger partial charge on any atom is -0.478 e. The lowest BCUT2D eigenvalue weighted by atomic mass is 9.85. The molecule has 0 bridgehead atoms. The Labute approximate surface area is 246 Å². The number of hydrogen-bond acceptors (Lipinski definition) is 5. The van der Waals surface area contributed by atoms with E-state index in [-0.39, 0.29) is 29.8 Å². The third kappa shape index (κ3) is 5.54. The van der Waals surface area contributed by atoms with Crippen LogP contribution in [-0.2, 0) is 22.6 Å². The molecule has 3 aliphatic rings. The first kappa shape index (κ1) is 28.6. The van der Waals surface area contributed by atoms with E-state index >= 15 is 0 Å². The molecule has 3 aromatic carbocycles. The minimum atomic E-state index is -0.970. The van der Waals surface area contributed by atoms with Gasteiger partial charge in [-0.25, -0.2) is 4.79 Å². The molecule has 3 aromatic rings. The van der Waals surface area contributed by atoms with E-state index in [0.717, 1.165) is 61.4 Å². The highest BCUT2D eigenvalue weighted by molar-refractivity contribution is 6.01. The lowest BCUT2D eigenvalue weighted by Crippen LogP contribution is -2.56. The molecule has 2 fully saturated rings. The summed E-state index contributed by atoms with van der Waals surface area (Å²) >= 11 is 0. The quantitative estimate of drug-likeness (QED) is 0.429. The van der Waals surface area contributed by atoms with Gasteiger partial charge in [0.1, 0.15) is 5.54 Å². The van der Waals surface area contributed by atoms with Crippen molar-refractivity contribution in [1.29, 1.82) is 0 Å². The van der Waals surface area contributed by atoms with E-state index in [1.54, 1.807) is 18.2 Å². The van der Waals surface area contributed by atoms with Gasteiger partial charge in [0.2, 0.25) is 11.8 Å². The highest BCUT2D eigenvalue weighted by atomic mass is 35.5. The second-order valence-corrected chi connectivity index (χ2v) is 11.0. The molecule has 1 spiro atoms. The molecule has 0 radical (unpaired) electrons. The van der Waals surface area contributed by atoms with Gasteiger partial charge < -0.3 is 24.7 Å². The number of carbonyl (C=O) groups is 3. The normalized spacial score (nSPS) is 18.1. The Balaban J connectivity index is 0.00000337. The third-order valence-electron chi connectivity index (χ3n) is 8.59. The molecule has 0 saturated carbocycles. The lowest BCUT2D eigenvalue weighted by molar-refractivity contribution is -0.134. The third-order valence-corrected chi connectivity index (χ3v) is 8.59. The molecule has 8 nitrogen and oxygen atoms in total. The number of benzene rings is 3. The zero-order valence-electron chi connectivity index (χ0n) is 22.9. The average molecular weight is 575 g/mol. The van der Waals surface area contributed by atoms with Crippen molar-refractivity contribution < 1.29 is 19.5 Å².